The van der Waals surface area contributed by atoms with Crippen LogP contribution in [0, 0.1) is 0 Å². The number of nitrogens with one attached hydrogen (secondary N) is 1. The van der Waals surface area contributed by atoms with Gasteiger partial charge in [0, 0.05) is 45.6 Å². The molecule has 1 N–H and O–H groups in total. The van der Waals surface area contributed by atoms with E-state index in [0.717, 1.165) is 43.5 Å². The van der Waals surface area contributed by atoms with Gasteiger partial charge in [-0.1, -0.05) is 6.07 Å². The highest BCUT2D eigenvalue weighted by Gasteiger charge is 2.20. The van der Waals surface area contributed by atoms with Crippen LogP contribution in [-0.2, 0) is 6.54 Å². The Hall–Kier alpha value is -1.81. The minimum Gasteiger partial charge on any atom is -0.360 e. The van der Waals surface area contributed by atoms with Gasteiger partial charge in [0.25, 0.3) is 0 Å². The van der Waals surface area contributed by atoms with Crippen LogP contribution < -0.4 is 10.2 Å². The Morgan fingerprint density at radius 3 is 2.73 bits per heavy atom. The van der Waals surface area contributed by atoms with Gasteiger partial charge in [-0.25, -0.2) is 4.98 Å². The Kier molecular flexibility index (Phi) is 6.36. The molecule has 0 unspecified atom stereocenters. The zero-order valence-electron chi connectivity index (χ0n) is 14.7. The zero-order chi connectivity index (χ0) is 17.1. The molecular formula is C18H23IN6S. The molecule has 6 nitrogen and oxygen atoms in total. The molecule has 0 amide bonds. The summed E-state index contributed by atoms with van der Waals surface area (Å²) in [4.78, 5) is 13.8. The third-order valence-electron chi connectivity index (χ3n) is 4.45. The maximum absolute atomic E-state index is 4.63. The summed E-state index contributed by atoms with van der Waals surface area (Å²) in [5, 5.41) is 6.94. The average Bonchev–Trinajstić information content (AvgIpc) is 3.32. The number of hydrogen-bond acceptors (Lipinski definition) is 4. The van der Waals surface area contributed by atoms with E-state index < -0.39 is 0 Å². The van der Waals surface area contributed by atoms with Crippen LogP contribution >= 0.6 is 35.3 Å². The summed E-state index contributed by atoms with van der Waals surface area (Å²) in [5.41, 5.74) is 1.99. The van der Waals surface area contributed by atoms with Crippen molar-refractivity contribution in [2.75, 3.05) is 38.1 Å². The maximum Gasteiger partial charge on any atom is 0.194 e. The van der Waals surface area contributed by atoms with Crippen LogP contribution in [0.5, 0.6) is 0 Å². The van der Waals surface area contributed by atoms with E-state index in [1.807, 2.05) is 35.8 Å². The van der Waals surface area contributed by atoms with E-state index >= 15 is 0 Å². The minimum absolute atomic E-state index is 0. The second-order valence-electron chi connectivity index (χ2n) is 6.02. The summed E-state index contributed by atoms with van der Waals surface area (Å²) in [5.74, 6) is 0.947. The predicted octanol–water partition coefficient (Wildman–Crippen LogP) is 2.91. The fourth-order valence-corrected chi connectivity index (χ4v) is 3.95. The van der Waals surface area contributed by atoms with Crippen molar-refractivity contribution in [1.82, 2.24) is 19.6 Å². The third kappa shape index (κ3) is 4.12. The number of anilines is 1. The van der Waals surface area contributed by atoms with Crippen molar-refractivity contribution >= 4 is 51.9 Å². The summed E-state index contributed by atoms with van der Waals surface area (Å²) >= 11 is 1.81. The van der Waals surface area contributed by atoms with Crippen LogP contribution in [0.1, 0.15) is 5.69 Å². The number of aromatic nitrogens is 2. The van der Waals surface area contributed by atoms with Crippen LogP contribution in [0.4, 0.5) is 5.00 Å². The van der Waals surface area contributed by atoms with Crippen molar-refractivity contribution in [3.8, 4) is 0 Å². The van der Waals surface area contributed by atoms with Gasteiger partial charge in [0.05, 0.1) is 17.2 Å². The molecule has 1 aliphatic heterocycles. The van der Waals surface area contributed by atoms with Gasteiger partial charge in [-0.2, -0.15) is 0 Å². The van der Waals surface area contributed by atoms with E-state index in [2.05, 4.69) is 48.8 Å². The van der Waals surface area contributed by atoms with Crippen molar-refractivity contribution in [3.63, 3.8) is 0 Å². The molecule has 3 aromatic rings. The monoisotopic (exact) mass is 482 g/mol. The van der Waals surface area contributed by atoms with Crippen molar-refractivity contribution in [2.45, 2.75) is 6.54 Å². The summed E-state index contributed by atoms with van der Waals surface area (Å²) in [6, 6.07) is 10.3. The van der Waals surface area contributed by atoms with Crippen LogP contribution in [0.3, 0.4) is 0 Å². The van der Waals surface area contributed by atoms with Crippen molar-refractivity contribution in [1.29, 1.82) is 0 Å². The fraction of sp³-hybridized carbons (Fsp3) is 0.333. The molecule has 3 aromatic heterocycles. The van der Waals surface area contributed by atoms with Gasteiger partial charge in [0.1, 0.15) is 5.65 Å². The van der Waals surface area contributed by atoms with Crippen LogP contribution in [-0.4, -0.2) is 53.5 Å². The molecular weight excluding hydrogens is 459 g/mol. The summed E-state index contributed by atoms with van der Waals surface area (Å²) < 4.78 is 2.04. The van der Waals surface area contributed by atoms with Crippen molar-refractivity contribution < 1.29 is 0 Å². The molecule has 4 rings (SSSR count). The Morgan fingerprint density at radius 1 is 1.19 bits per heavy atom. The number of imidazole rings is 1. The van der Waals surface area contributed by atoms with Crippen molar-refractivity contribution in [2.24, 2.45) is 4.99 Å². The van der Waals surface area contributed by atoms with E-state index in [4.69, 9.17) is 0 Å². The van der Waals surface area contributed by atoms with Crippen molar-refractivity contribution in [3.05, 3.63) is 53.8 Å². The number of hydrogen-bond donors (Lipinski definition) is 1. The third-order valence-corrected chi connectivity index (χ3v) is 5.38. The molecule has 0 atom stereocenters. The molecule has 26 heavy (non-hydrogen) atoms. The van der Waals surface area contributed by atoms with E-state index in [-0.39, 0.29) is 24.0 Å². The normalized spacial score (nSPS) is 15.2. The van der Waals surface area contributed by atoms with Crippen LogP contribution in [0.2, 0.25) is 0 Å². The van der Waals surface area contributed by atoms with Gasteiger partial charge in [0.2, 0.25) is 0 Å². The standard InChI is InChI=1S/C18H22N6S.HI/c1-19-18(20-13-15-14-24-7-3-2-5-16(24)21-15)23-10-8-22(9-11-23)17-6-4-12-25-17;/h2-7,12,14H,8-11,13H2,1H3,(H,19,20);1H. The molecule has 8 heteroatoms. The molecule has 0 bridgehead atoms. The lowest BCUT2D eigenvalue weighted by atomic mass is 10.3. The van der Waals surface area contributed by atoms with E-state index in [0.29, 0.717) is 6.54 Å². The van der Waals surface area contributed by atoms with E-state index in [1.165, 1.54) is 5.00 Å². The van der Waals surface area contributed by atoms with Gasteiger partial charge in [-0.3, -0.25) is 4.99 Å². The van der Waals surface area contributed by atoms with Crippen LogP contribution in [0.25, 0.3) is 5.65 Å². The Labute approximate surface area is 174 Å². The molecule has 1 aliphatic rings. The second-order valence-corrected chi connectivity index (χ2v) is 6.95. The Morgan fingerprint density at radius 2 is 2.04 bits per heavy atom. The van der Waals surface area contributed by atoms with E-state index in [9.17, 15) is 0 Å². The lowest BCUT2D eigenvalue weighted by Crippen LogP contribution is -2.52. The van der Waals surface area contributed by atoms with Gasteiger partial charge in [-0.15, -0.1) is 35.3 Å². The minimum atomic E-state index is 0. The maximum atomic E-state index is 4.63. The molecule has 4 heterocycles. The first kappa shape index (κ1) is 19.0. The zero-order valence-corrected chi connectivity index (χ0v) is 17.9. The highest BCUT2D eigenvalue weighted by atomic mass is 127. The number of rotatable bonds is 3. The predicted molar refractivity (Wildman–Crippen MR) is 119 cm³/mol. The summed E-state index contributed by atoms with van der Waals surface area (Å²) in [7, 11) is 1.84. The molecule has 0 aliphatic carbocycles. The lowest BCUT2D eigenvalue weighted by molar-refractivity contribution is 0.373. The first-order valence-electron chi connectivity index (χ1n) is 8.50. The number of aliphatic imine (C=N–C) groups is 1. The van der Waals surface area contributed by atoms with Gasteiger partial charge in [-0.05, 0) is 29.6 Å². The highest BCUT2D eigenvalue weighted by Crippen LogP contribution is 2.22. The average molecular weight is 482 g/mol. The highest BCUT2D eigenvalue weighted by molar-refractivity contribution is 14.0. The number of halogens is 1. The smallest absolute Gasteiger partial charge is 0.194 e. The number of fused-ring (bicyclic) bond motifs is 1. The van der Waals surface area contributed by atoms with Gasteiger partial charge < -0.3 is 19.5 Å². The topological polar surface area (TPSA) is 48.2 Å². The molecule has 0 radical (unpaired) electrons. The quantitative estimate of drug-likeness (QED) is 0.355. The molecule has 0 spiro atoms. The number of guanidine groups is 1. The first-order valence-corrected chi connectivity index (χ1v) is 9.38. The molecule has 1 fully saturated rings. The summed E-state index contributed by atoms with van der Waals surface area (Å²) in [6.45, 7) is 4.68. The SMILES string of the molecule is CN=C(NCc1cn2ccccc2n1)N1CCN(c2cccs2)CC1.I. The first-order chi connectivity index (χ1) is 12.3. The lowest BCUT2D eigenvalue weighted by Gasteiger charge is -2.36. The number of pyridine rings is 1. The van der Waals surface area contributed by atoms with E-state index in [1.54, 1.807) is 11.3 Å². The molecule has 138 valence electrons. The number of piperazine rings is 1. The van der Waals surface area contributed by atoms with Gasteiger partial charge >= 0.3 is 0 Å². The number of thiophene rings is 1. The number of nitrogens with zero attached hydrogens (tertiary/aromatic N) is 5. The Bertz CT molecular complexity index is 819. The summed E-state index contributed by atoms with van der Waals surface area (Å²) in [6.07, 6.45) is 4.08. The Balaban J connectivity index is 0.00000196. The van der Waals surface area contributed by atoms with Crippen LogP contribution in [0.15, 0.2) is 53.1 Å². The molecule has 0 aromatic carbocycles. The fourth-order valence-electron chi connectivity index (χ4n) is 3.16. The van der Waals surface area contributed by atoms with Gasteiger partial charge in [0.15, 0.2) is 5.96 Å². The largest absolute Gasteiger partial charge is 0.360 e. The second kappa shape index (κ2) is 8.72. The molecule has 0 saturated carbocycles. The molecule has 1 saturated heterocycles.